The smallest absolute Gasteiger partial charge is 0.0294 e. The Morgan fingerprint density at radius 1 is 0.941 bits per heavy atom. The third-order valence-corrected chi connectivity index (χ3v) is 3.29. The van der Waals surface area contributed by atoms with Crippen LogP contribution in [0.15, 0.2) is 24.3 Å². The van der Waals surface area contributed by atoms with Crippen LogP contribution in [-0.2, 0) is 0 Å². The van der Waals surface area contributed by atoms with Gasteiger partial charge in [0.1, 0.15) is 0 Å². The van der Waals surface area contributed by atoms with Crippen molar-refractivity contribution in [1.82, 2.24) is 5.32 Å². The molecule has 0 saturated carbocycles. The topological polar surface area (TPSA) is 12.0 Å². The Hall–Kier alpha value is -0.820. The van der Waals surface area contributed by atoms with Crippen LogP contribution in [0.25, 0.3) is 0 Å². The summed E-state index contributed by atoms with van der Waals surface area (Å²) in [6.45, 7) is 11.2. The second-order valence-electron chi connectivity index (χ2n) is 5.67. The van der Waals surface area contributed by atoms with Crippen molar-refractivity contribution in [3.8, 4) is 0 Å². The summed E-state index contributed by atoms with van der Waals surface area (Å²) in [5.41, 5.74) is 2.71. The fraction of sp³-hybridized carbons (Fsp3) is 0.625. The second kappa shape index (κ2) is 6.80. The van der Waals surface area contributed by atoms with E-state index < -0.39 is 0 Å². The molecule has 0 aliphatic rings. The predicted molar refractivity (Wildman–Crippen MR) is 76.3 cm³/mol. The highest BCUT2D eigenvalue weighted by molar-refractivity contribution is 5.23. The SMILES string of the molecule is Cc1ccc([C@@H](C)NC(C)CCC(C)C)cc1. The standard InChI is InChI=1S/C16H27N/c1-12(2)6-9-14(4)17-15(5)16-10-7-13(3)8-11-16/h7-8,10-12,14-15,17H,6,9H2,1-5H3/t14?,15-/m1/s1. The number of benzene rings is 1. The lowest BCUT2D eigenvalue weighted by molar-refractivity contribution is 0.417. The van der Waals surface area contributed by atoms with Gasteiger partial charge in [0, 0.05) is 12.1 Å². The first-order chi connectivity index (χ1) is 7.99. The summed E-state index contributed by atoms with van der Waals surface area (Å²) >= 11 is 0. The van der Waals surface area contributed by atoms with Crippen molar-refractivity contribution in [1.29, 1.82) is 0 Å². The highest BCUT2D eigenvalue weighted by Gasteiger charge is 2.09. The predicted octanol–water partition coefficient (Wildman–Crippen LogP) is 4.47. The molecule has 96 valence electrons. The Morgan fingerprint density at radius 3 is 2.06 bits per heavy atom. The third-order valence-electron chi connectivity index (χ3n) is 3.29. The van der Waals surface area contributed by atoms with Crippen LogP contribution in [0.2, 0.25) is 0 Å². The van der Waals surface area contributed by atoms with E-state index in [0.717, 1.165) is 5.92 Å². The summed E-state index contributed by atoms with van der Waals surface area (Å²) in [6.07, 6.45) is 2.56. The first-order valence-electron chi connectivity index (χ1n) is 6.81. The van der Waals surface area contributed by atoms with Gasteiger partial charge in [-0.05, 0) is 45.1 Å². The van der Waals surface area contributed by atoms with E-state index in [0.29, 0.717) is 12.1 Å². The minimum Gasteiger partial charge on any atom is -0.308 e. The van der Waals surface area contributed by atoms with Crippen molar-refractivity contribution in [2.45, 2.75) is 59.5 Å². The molecule has 1 heteroatoms. The molecule has 1 aromatic carbocycles. The molecule has 0 radical (unpaired) electrons. The summed E-state index contributed by atoms with van der Waals surface area (Å²) in [4.78, 5) is 0. The molecule has 0 heterocycles. The van der Waals surface area contributed by atoms with Crippen molar-refractivity contribution in [3.05, 3.63) is 35.4 Å². The molecule has 1 N–H and O–H groups in total. The largest absolute Gasteiger partial charge is 0.308 e. The monoisotopic (exact) mass is 233 g/mol. The van der Waals surface area contributed by atoms with Gasteiger partial charge in [0.15, 0.2) is 0 Å². The van der Waals surface area contributed by atoms with Gasteiger partial charge in [-0.1, -0.05) is 43.7 Å². The summed E-state index contributed by atoms with van der Waals surface area (Å²) in [5.74, 6) is 0.800. The first-order valence-corrected chi connectivity index (χ1v) is 6.81. The normalized spacial score (nSPS) is 14.9. The average molecular weight is 233 g/mol. The van der Waals surface area contributed by atoms with Crippen molar-refractivity contribution in [3.63, 3.8) is 0 Å². The summed E-state index contributed by atoms with van der Waals surface area (Å²) in [5, 5.41) is 3.67. The molecule has 0 spiro atoms. The molecule has 1 nitrogen and oxygen atoms in total. The molecule has 0 amide bonds. The zero-order chi connectivity index (χ0) is 12.8. The Labute approximate surface area is 107 Å². The molecule has 0 fully saturated rings. The van der Waals surface area contributed by atoms with Gasteiger partial charge in [-0.3, -0.25) is 0 Å². The zero-order valence-corrected chi connectivity index (χ0v) is 12.0. The Kier molecular flexibility index (Phi) is 5.70. The van der Waals surface area contributed by atoms with E-state index in [1.165, 1.54) is 24.0 Å². The molecule has 1 rings (SSSR count). The van der Waals surface area contributed by atoms with Crippen molar-refractivity contribution < 1.29 is 0 Å². The van der Waals surface area contributed by atoms with Gasteiger partial charge in [-0.25, -0.2) is 0 Å². The van der Waals surface area contributed by atoms with Gasteiger partial charge < -0.3 is 5.32 Å². The van der Waals surface area contributed by atoms with Crippen LogP contribution in [0.5, 0.6) is 0 Å². The minimum atomic E-state index is 0.442. The fourth-order valence-corrected chi connectivity index (χ4v) is 2.04. The number of hydrogen-bond donors (Lipinski definition) is 1. The molecule has 0 bridgehead atoms. The Bertz CT molecular complexity index is 313. The molecule has 1 aromatic rings. The van der Waals surface area contributed by atoms with Gasteiger partial charge in [-0.15, -0.1) is 0 Å². The molecular weight excluding hydrogens is 206 g/mol. The maximum absolute atomic E-state index is 3.67. The Morgan fingerprint density at radius 2 is 1.53 bits per heavy atom. The first kappa shape index (κ1) is 14.2. The molecule has 2 atom stereocenters. The highest BCUT2D eigenvalue weighted by Crippen LogP contribution is 2.15. The lowest BCUT2D eigenvalue weighted by Gasteiger charge is -2.21. The van der Waals surface area contributed by atoms with Gasteiger partial charge in [0.25, 0.3) is 0 Å². The van der Waals surface area contributed by atoms with Crippen LogP contribution in [0.3, 0.4) is 0 Å². The van der Waals surface area contributed by atoms with Crippen LogP contribution >= 0.6 is 0 Å². The number of aryl methyl sites for hydroxylation is 1. The van der Waals surface area contributed by atoms with E-state index in [9.17, 15) is 0 Å². The lowest BCUT2D eigenvalue weighted by atomic mass is 10.0. The average Bonchev–Trinajstić information content (AvgIpc) is 2.27. The molecule has 0 aliphatic carbocycles. The second-order valence-corrected chi connectivity index (χ2v) is 5.67. The minimum absolute atomic E-state index is 0.442. The van der Waals surface area contributed by atoms with Crippen molar-refractivity contribution in [2.75, 3.05) is 0 Å². The third kappa shape index (κ3) is 5.36. The van der Waals surface area contributed by atoms with Crippen molar-refractivity contribution in [2.24, 2.45) is 5.92 Å². The summed E-state index contributed by atoms with van der Waals surface area (Å²) in [7, 11) is 0. The molecular formula is C16H27N. The van der Waals surface area contributed by atoms with E-state index in [1.54, 1.807) is 0 Å². The van der Waals surface area contributed by atoms with E-state index in [2.05, 4.69) is 64.2 Å². The molecule has 0 saturated heterocycles. The number of hydrogen-bond acceptors (Lipinski definition) is 1. The van der Waals surface area contributed by atoms with Gasteiger partial charge in [0.2, 0.25) is 0 Å². The summed E-state index contributed by atoms with van der Waals surface area (Å²) < 4.78 is 0. The quantitative estimate of drug-likeness (QED) is 0.764. The van der Waals surface area contributed by atoms with E-state index in [4.69, 9.17) is 0 Å². The lowest BCUT2D eigenvalue weighted by Crippen LogP contribution is -2.29. The van der Waals surface area contributed by atoms with Crippen molar-refractivity contribution >= 4 is 0 Å². The summed E-state index contributed by atoms with van der Waals surface area (Å²) in [6, 6.07) is 9.86. The molecule has 17 heavy (non-hydrogen) atoms. The molecule has 0 aliphatic heterocycles. The van der Waals surface area contributed by atoms with E-state index in [-0.39, 0.29) is 0 Å². The van der Waals surface area contributed by atoms with Gasteiger partial charge in [0.05, 0.1) is 0 Å². The highest BCUT2D eigenvalue weighted by atomic mass is 14.9. The van der Waals surface area contributed by atoms with Crippen LogP contribution in [-0.4, -0.2) is 6.04 Å². The van der Waals surface area contributed by atoms with E-state index in [1.807, 2.05) is 0 Å². The van der Waals surface area contributed by atoms with Gasteiger partial charge >= 0.3 is 0 Å². The molecule has 0 aromatic heterocycles. The number of rotatable bonds is 6. The van der Waals surface area contributed by atoms with Crippen LogP contribution in [0.1, 0.15) is 57.7 Å². The Balaban J connectivity index is 2.42. The fourth-order valence-electron chi connectivity index (χ4n) is 2.04. The maximum Gasteiger partial charge on any atom is 0.0294 e. The maximum atomic E-state index is 3.67. The zero-order valence-electron chi connectivity index (χ0n) is 12.0. The van der Waals surface area contributed by atoms with Crippen LogP contribution < -0.4 is 5.32 Å². The molecule has 1 unspecified atom stereocenters. The van der Waals surface area contributed by atoms with Gasteiger partial charge in [-0.2, -0.15) is 0 Å². The van der Waals surface area contributed by atoms with Crippen LogP contribution in [0.4, 0.5) is 0 Å². The number of nitrogens with one attached hydrogen (secondary N) is 1. The van der Waals surface area contributed by atoms with E-state index >= 15 is 0 Å². The van der Waals surface area contributed by atoms with Crippen LogP contribution in [0, 0.1) is 12.8 Å².